The summed E-state index contributed by atoms with van der Waals surface area (Å²) in [7, 11) is 0. The largest absolute Gasteiger partial charge is 0.295 e. The van der Waals surface area contributed by atoms with Gasteiger partial charge in [0.15, 0.2) is 5.78 Å². The van der Waals surface area contributed by atoms with E-state index < -0.39 is 0 Å². The van der Waals surface area contributed by atoms with Gasteiger partial charge in [-0.15, -0.1) is 0 Å². The molecule has 0 radical (unpaired) electrons. The van der Waals surface area contributed by atoms with Gasteiger partial charge in [0.2, 0.25) is 0 Å². The second-order valence-corrected chi connectivity index (χ2v) is 5.34. The predicted molar refractivity (Wildman–Crippen MR) is 58.1 cm³/mol. The van der Waals surface area contributed by atoms with E-state index in [0.717, 1.165) is 12.8 Å². The molecule has 2 aliphatic rings. The molecule has 0 aromatic rings. The lowest BCUT2D eigenvalue weighted by Gasteiger charge is -2.33. The molecule has 0 saturated carbocycles. The quantitative estimate of drug-likeness (QED) is 0.621. The van der Waals surface area contributed by atoms with Gasteiger partial charge in [0.25, 0.3) is 0 Å². The van der Waals surface area contributed by atoms with E-state index in [-0.39, 0.29) is 5.41 Å². The van der Waals surface area contributed by atoms with Crippen molar-refractivity contribution in [3.05, 3.63) is 11.1 Å². The Morgan fingerprint density at radius 1 is 1.21 bits per heavy atom. The summed E-state index contributed by atoms with van der Waals surface area (Å²) in [6.45, 7) is 6.78. The number of hydrogen-bond donors (Lipinski definition) is 0. The van der Waals surface area contributed by atoms with Gasteiger partial charge < -0.3 is 0 Å². The van der Waals surface area contributed by atoms with E-state index in [9.17, 15) is 4.79 Å². The van der Waals surface area contributed by atoms with Crippen molar-refractivity contribution in [3.63, 3.8) is 0 Å². The third-order valence-electron chi connectivity index (χ3n) is 4.30. The molecule has 0 N–H and O–H groups in total. The van der Waals surface area contributed by atoms with E-state index in [4.69, 9.17) is 0 Å². The summed E-state index contributed by atoms with van der Waals surface area (Å²) in [5.41, 5.74) is 2.89. The summed E-state index contributed by atoms with van der Waals surface area (Å²) in [5.74, 6) is 1.04. The molecular weight excluding hydrogens is 172 g/mol. The molecule has 1 nitrogen and oxygen atoms in total. The fraction of sp³-hybridized carbons (Fsp3) is 0.769. The number of rotatable bonds is 1. The molecule has 0 spiro atoms. The second-order valence-electron chi connectivity index (χ2n) is 5.34. The number of hydrogen-bond acceptors (Lipinski definition) is 1. The van der Waals surface area contributed by atoms with Gasteiger partial charge in [-0.05, 0) is 42.6 Å². The van der Waals surface area contributed by atoms with E-state index in [1.807, 2.05) is 0 Å². The average Bonchev–Trinajstić information content (AvgIpc) is 2.42. The third-order valence-corrected chi connectivity index (χ3v) is 4.30. The first-order valence-corrected chi connectivity index (χ1v) is 5.81. The molecule has 2 rings (SSSR count). The zero-order valence-corrected chi connectivity index (χ0v) is 9.52. The molecule has 0 aromatic heterocycles. The van der Waals surface area contributed by atoms with Crippen LogP contribution < -0.4 is 0 Å². The van der Waals surface area contributed by atoms with E-state index in [0.29, 0.717) is 11.7 Å². The average molecular weight is 192 g/mol. The van der Waals surface area contributed by atoms with Crippen LogP contribution in [-0.2, 0) is 4.79 Å². The topological polar surface area (TPSA) is 17.1 Å². The van der Waals surface area contributed by atoms with Crippen LogP contribution in [-0.4, -0.2) is 5.78 Å². The van der Waals surface area contributed by atoms with E-state index in [1.54, 1.807) is 0 Å². The van der Waals surface area contributed by atoms with Crippen LogP contribution in [0.4, 0.5) is 0 Å². The number of ketones is 1. The van der Waals surface area contributed by atoms with E-state index in [2.05, 4.69) is 20.8 Å². The Kier molecular flexibility index (Phi) is 2.29. The molecule has 0 bridgehead atoms. The minimum Gasteiger partial charge on any atom is -0.295 e. The lowest BCUT2D eigenvalue weighted by Crippen LogP contribution is -2.24. The normalized spacial score (nSPS) is 32.7. The summed E-state index contributed by atoms with van der Waals surface area (Å²) >= 11 is 0. The van der Waals surface area contributed by atoms with Gasteiger partial charge in [-0.2, -0.15) is 0 Å². The molecule has 0 aliphatic heterocycles. The van der Waals surface area contributed by atoms with Crippen molar-refractivity contribution in [1.82, 2.24) is 0 Å². The van der Waals surface area contributed by atoms with Crippen molar-refractivity contribution in [2.24, 2.45) is 11.3 Å². The molecule has 14 heavy (non-hydrogen) atoms. The maximum Gasteiger partial charge on any atom is 0.159 e. The van der Waals surface area contributed by atoms with Gasteiger partial charge in [0.05, 0.1) is 0 Å². The van der Waals surface area contributed by atoms with Crippen LogP contribution in [0.1, 0.15) is 52.9 Å². The highest BCUT2D eigenvalue weighted by Gasteiger charge is 2.43. The fourth-order valence-electron chi connectivity index (χ4n) is 2.94. The predicted octanol–water partition coefficient (Wildman–Crippen LogP) is 3.49. The van der Waals surface area contributed by atoms with Crippen LogP contribution in [0, 0.1) is 11.3 Å². The van der Waals surface area contributed by atoms with Gasteiger partial charge in [-0.3, -0.25) is 4.79 Å². The van der Waals surface area contributed by atoms with Crippen molar-refractivity contribution in [2.75, 3.05) is 0 Å². The summed E-state index contributed by atoms with van der Waals surface area (Å²) < 4.78 is 0. The molecule has 1 heteroatoms. The summed E-state index contributed by atoms with van der Waals surface area (Å²) in [5, 5.41) is 0. The van der Waals surface area contributed by atoms with Crippen molar-refractivity contribution in [1.29, 1.82) is 0 Å². The molecule has 0 heterocycles. The highest BCUT2D eigenvalue weighted by molar-refractivity contribution is 6.00. The maximum absolute atomic E-state index is 11.9. The lowest BCUT2D eigenvalue weighted by molar-refractivity contribution is -0.116. The Balaban J connectivity index is 2.40. The SMILES string of the molecule is CC(C)C1(C)CC(=O)C2=C1CCCC2. The summed E-state index contributed by atoms with van der Waals surface area (Å²) in [6.07, 6.45) is 5.51. The molecule has 0 amide bonds. The van der Waals surface area contributed by atoms with Crippen LogP contribution in [0.3, 0.4) is 0 Å². The second kappa shape index (κ2) is 3.22. The third kappa shape index (κ3) is 1.25. The Morgan fingerprint density at radius 3 is 2.50 bits per heavy atom. The Morgan fingerprint density at radius 2 is 1.86 bits per heavy atom. The standard InChI is InChI=1S/C13H20O/c1-9(2)13(3)8-12(14)10-6-4-5-7-11(10)13/h9H,4-8H2,1-3H3. The number of allylic oxidation sites excluding steroid dienone is 2. The molecule has 1 unspecified atom stereocenters. The van der Waals surface area contributed by atoms with E-state index in [1.165, 1.54) is 30.4 Å². The highest BCUT2D eigenvalue weighted by atomic mass is 16.1. The zero-order chi connectivity index (χ0) is 10.3. The summed E-state index contributed by atoms with van der Waals surface area (Å²) in [6, 6.07) is 0. The van der Waals surface area contributed by atoms with Gasteiger partial charge in [0, 0.05) is 6.42 Å². The van der Waals surface area contributed by atoms with Crippen molar-refractivity contribution in [2.45, 2.75) is 52.9 Å². The van der Waals surface area contributed by atoms with Gasteiger partial charge in [0.1, 0.15) is 0 Å². The Bertz CT molecular complexity index is 298. The number of Topliss-reactive ketones (excluding diaryl/α,β-unsaturated/α-hetero) is 1. The molecule has 2 aliphatic carbocycles. The van der Waals surface area contributed by atoms with Gasteiger partial charge in [-0.1, -0.05) is 26.3 Å². The van der Waals surface area contributed by atoms with Crippen molar-refractivity contribution in [3.8, 4) is 0 Å². The zero-order valence-electron chi connectivity index (χ0n) is 9.52. The van der Waals surface area contributed by atoms with Crippen molar-refractivity contribution < 1.29 is 4.79 Å². The first-order chi connectivity index (χ1) is 6.55. The smallest absolute Gasteiger partial charge is 0.159 e. The fourth-order valence-corrected chi connectivity index (χ4v) is 2.94. The maximum atomic E-state index is 11.9. The molecule has 78 valence electrons. The number of carbonyl (C=O) groups is 1. The summed E-state index contributed by atoms with van der Waals surface area (Å²) in [4.78, 5) is 11.9. The van der Waals surface area contributed by atoms with Crippen molar-refractivity contribution >= 4 is 5.78 Å². The molecule has 0 saturated heterocycles. The lowest BCUT2D eigenvalue weighted by atomic mass is 9.71. The van der Waals surface area contributed by atoms with Gasteiger partial charge >= 0.3 is 0 Å². The first-order valence-electron chi connectivity index (χ1n) is 5.81. The Hall–Kier alpha value is -0.590. The van der Waals surface area contributed by atoms with Crippen LogP contribution in [0.2, 0.25) is 0 Å². The molecule has 1 atom stereocenters. The minimum atomic E-state index is 0.187. The minimum absolute atomic E-state index is 0.187. The van der Waals surface area contributed by atoms with Crippen LogP contribution >= 0.6 is 0 Å². The van der Waals surface area contributed by atoms with Gasteiger partial charge in [-0.25, -0.2) is 0 Å². The first kappa shape index (κ1) is 9.95. The van der Waals surface area contributed by atoms with Crippen LogP contribution in [0.5, 0.6) is 0 Å². The molecule has 0 aromatic carbocycles. The monoisotopic (exact) mass is 192 g/mol. The molecular formula is C13H20O. The van der Waals surface area contributed by atoms with E-state index >= 15 is 0 Å². The Labute approximate surface area is 86.6 Å². The highest BCUT2D eigenvalue weighted by Crippen LogP contribution is 2.51. The molecule has 0 fully saturated rings. The number of carbonyl (C=O) groups excluding carboxylic acids is 1. The van der Waals surface area contributed by atoms with Crippen LogP contribution in [0.25, 0.3) is 0 Å². The van der Waals surface area contributed by atoms with Crippen LogP contribution in [0.15, 0.2) is 11.1 Å².